The second-order valence-corrected chi connectivity index (χ2v) is 1.49. The summed E-state index contributed by atoms with van der Waals surface area (Å²) in [6, 6.07) is -0.489. The molecule has 0 unspecified atom stereocenters. The summed E-state index contributed by atoms with van der Waals surface area (Å²) in [4.78, 5) is 20.2. The molecule has 0 spiro atoms. The van der Waals surface area contributed by atoms with Crippen molar-refractivity contribution in [3.05, 3.63) is 0 Å². The number of hydrazine groups is 1. The zero-order valence-electron chi connectivity index (χ0n) is 4.42. The van der Waals surface area contributed by atoms with Crippen LogP contribution in [0.25, 0.3) is 0 Å². The van der Waals surface area contributed by atoms with Crippen LogP contribution in [-0.4, -0.2) is 28.9 Å². The summed E-state index contributed by atoms with van der Waals surface area (Å²) in [5.41, 5.74) is 2.04. The molecule has 50 valence electrons. The number of hydrogen-bond donors (Lipinski definition) is 3. The highest BCUT2D eigenvalue weighted by Gasteiger charge is 2.20. The summed E-state index contributed by atoms with van der Waals surface area (Å²) < 4.78 is 0. The normalized spacial score (nSPS) is 16.9. The number of rotatable bonds is 0. The second-order valence-electron chi connectivity index (χ2n) is 1.49. The van der Waals surface area contributed by atoms with Crippen LogP contribution in [0.4, 0.5) is 9.59 Å². The lowest BCUT2D eigenvalue weighted by Crippen LogP contribution is -2.36. The smallest absolute Gasteiger partial charge is 0.427 e. The van der Waals surface area contributed by atoms with Crippen molar-refractivity contribution in [3.63, 3.8) is 0 Å². The van der Waals surface area contributed by atoms with Crippen molar-refractivity contribution in [3.8, 4) is 0 Å². The predicted octanol–water partition coefficient (Wildman–Crippen LogP) is -0.848. The predicted molar refractivity (Wildman–Crippen MR) is 26.4 cm³/mol. The Morgan fingerprint density at radius 1 is 1.78 bits per heavy atom. The maximum Gasteiger partial charge on any atom is 0.427 e. The zero-order valence-corrected chi connectivity index (χ0v) is 4.42. The van der Waals surface area contributed by atoms with E-state index in [4.69, 9.17) is 5.11 Å². The summed E-state index contributed by atoms with van der Waals surface area (Å²) in [6.45, 7) is 0.00810. The van der Waals surface area contributed by atoms with Crippen molar-refractivity contribution in [2.45, 2.75) is 0 Å². The standard InChI is InChI=1S/C3H5N3O3/c7-2-4-1-6(5-2)3(8)9/h1H2,(H,8,9)(H2,4,5,7). The van der Waals surface area contributed by atoms with E-state index in [0.717, 1.165) is 5.01 Å². The van der Waals surface area contributed by atoms with Gasteiger partial charge in [-0.05, 0) is 0 Å². The molecule has 0 atom stereocenters. The minimum Gasteiger partial charge on any atom is -0.464 e. The Hall–Kier alpha value is -1.46. The van der Waals surface area contributed by atoms with E-state index in [1.807, 2.05) is 5.43 Å². The van der Waals surface area contributed by atoms with E-state index in [-0.39, 0.29) is 6.67 Å². The summed E-state index contributed by atoms with van der Waals surface area (Å²) in [6.07, 6.45) is -1.17. The van der Waals surface area contributed by atoms with Crippen LogP contribution in [0.3, 0.4) is 0 Å². The van der Waals surface area contributed by atoms with Gasteiger partial charge in [0.15, 0.2) is 0 Å². The van der Waals surface area contributed by atoms with Gasteiger partial charge in [0.05, 0.1) is 0 Å². The molecule has 6 nitrogen and oxygen atoms in total. The number of hydrogen-bond acceptors (Lipinski definition) is 2. The third-order valence-electron chi connectivity index (χ3n) is 0.865. The Labute approximate surface area is 50.4 Å². The molecule has 6 heteroatoms. The number of nitrogens with one attached hydrogen (secondary N) is 2. The summed E-state index contributed by atoms with van der Waals surface area (Å²) >= 11 is 0. The summed E-state index contributed by atoms with van der Waals surface area (Å²) in [5, 5.41) is 11.2. The fraction of sp³-hybridized carbons (Fsp3) is 0.333. The van der Waals surface area contributed by atoms with Crippen molar-refractivity contribution in [2.75, 3.05) is 6.67 Å². The van der Waals surface area contributed by atoms with Crippen molar-refractivity contribution >= 4 is 12.1 Å². The van der Waals surface area contributed by atoms with E-state index >= 15 is 0 Å². The van der Waals surface area contributed by atoms with E-state index in [1.165, 1.54) is 0 Å². The minimum atomic E-state index is -1.17. The molecule has 1 heterocycles. The molecule has 9 heavy (non-hydrogen) atoms. The van der Waals surface area contributed by atoms with E-state index in [0.29, 0.717) is 0 Å². The largest absolute Gasteiger partial charge is 0.464 e. The number of amides is 3. The molecule has 0 saturated carbocycles. The second kappa shape index (κ2) is 1.81. The van der Waals surface area contributed by atoms with Crippen LogP contribution in [0.2, 0.25) is 0 Å². The highest BCUT2D eigenvalue weighted by Crippen LogP contribution is 1.86. The van der Waals surface area contributed by atoms with Crippen LogP contribution in [0, 0.1) is 0 Å². The number of carboxylic acid groups (broad SMARTS) is 1. The highest BCUT2D eigenvalue weighted by molar-refractivity contribution is 5.79. The first-order chi connectivity index (χ1) is 4.20. The number of carbonyl (C=O) groups excluding carboxylic acids is 1. The van der Waals surface area contributed by atoms with Gasteiger partial charge in [0.2, 0.25) is 0 Å². The molecule has 1 aliphatic heterocycles. The Balaban J connectivity index is 2.48. The molecule has 0 radical (unpaired) electrons. The molecular weight excluding hydrogens is 126 g/mol. The van der Waals surface area contributed by atoms with E-state index < -0.39 is 12.1 Å². The third kappa shape index (κ3) is 1.01. The van der Waals surface area contributed by atoms with Gasteiger partial charge >= 0.3 is 12.1 Å². The Kier molecular flexibility index (Phi) is 1.14. The molecule has 1 rings (SSSR count). The number of nitrogens with zero attached hydrogens (tertiary/aromatic N) is 1. The van der Waals surface area contributed by atoms with Crippen LogP contribution < -0.4 is 10.7 Å². The van der Waals surface area contributed by atoms with E-state index in [9.17, 15) is 9.59 Å². The first-order valence-corrected chi connectivity index (χ1v) is 2.25. The molecule has 3 amide bonds. The molecule has 0 aromatic rings. The highest BCUT2D eigenvalue weighted by atomic mass is 16.4. The van der Waals surface area contributed by atoms with Crippen LogP contribution in [0.15, 0.2) is 0 Å². The maximum atomic E-state index is 10.2. The van der Waals surface area contributed by atoms with Crippen molar-refractivity contribution < 1.29 is 14.7 Å². The first kappa shape index (κ1) is 5.67. The topological polar surface area (TPSA) is 81.7 Å². The molecular formula is C3H5N3O3. The van der Waals surface area contributed by atoms with Gasteiger partial charge in [-0.25, -0.2) is 15.0 Å². The molecule has 0 aromatic carbocycles. The van der Waals surface area contributed by atoms with Gasteiger partial charge < -0.3 is 10.4 Å². The summed E-state index contributed by atoms with van der Waals surface area (Å²) in [7, 11) is 0. The van der Waals surface area contributed by atoms with E-state index in [2.05, 4.69) is 5.32 Å². The fourth-order valence-corrected chi connectivity index (χ4v) is 0.468. The van der Waals surface area contributed by atoms with Crippen LogP contribution in [-0.2, 0) is 0 Å². The molecule has 1 aliphatic rings. The SMILES string of the molecule is O=C1NCN(C(=O)O)N1. The van der Waals surface area contributed by atoms with Gasteiger partial charge in [-0.1, -0.05) is 0 Å². The van der Waals surface area contributed by atoms with Crippen molar-refractivity contribution in [1.82, 2.24) is 15.8 Å². The van der Waals surface area contributed by atoms with Gasteiger partial charge in [0, 0.05) is 0 Å². The average molecular weight is 131 g/mol. The number of carbonyl (C=O) groups is 2. The van der Waals surface area contributed by atoms with Crippen molar-refractivity contribution in [1.29, 1.82) is 0 Å². The molecule has 0 aromatic heterocycles. The average Bonchev–Trinajstić information content (AvgIpc) is 2.14. The van der Waals surface area contributed by atoms with Crippen LogP contribution in [0.1, 0.15) is 0 Å². The molecule has 3 N–H and O–H groups in total. The molecule has 0 aliphatic carbocycles. The zero-order chi connectivity index (χ0) is 6.85. The van der Waals surface area contributed by atoms with Crippen LogP contribution in [0.5, 0.6) is 0 Å². The third-order valence-corrected chi connectivity index (χ3v) is 0.865. The Bertz CT molecular complexity index is 156. The maximum absolute atomic E-state index is 10.2. The lowest BCUT2D eigenvalue weighted by Gasteiger charge is -2.05. The van der Waals surface area contributed by atoms with Gasteiger partial charge in [-0.3, -0.25) is 0 Å². The van der Waals surface area contributed by atoms with E-state index in [1.54, 1.807) is 0 Å². The lowest BCUT2D eigenvalue weighted by atomic mass is 10.9. The van der Waals surface area contributed by atoms with Gasteiger partial charge in [-0.2, -0.15) is 5.01 Å². The van der Waals surface area contributed by atoms with Gasteiger partial charge in [0.1, 0.15) is 6.67 Å². The van der Waals surface area contributed by atoms with Crippen molar-refractivity contribution in [2.24, 2.45) is 0 Å². The number of urea groups is 1. The molecule has 0 bridgehead atoms. The van der Waals surface area contributed by atoms with Crippen LogP contribution >= 0.6 is 0 Å². The monoisotopic (exact) mass is 131 g/mol. The Morgan fingerprint density at radius 3 is 2.67 bits per heavy atom. The summed E-state index contributed by atoms with van der Waals surface area (Å²) in [5.74, 6) is 0. The Morgan fingerprint density at radius 2 is 2.44 bits per heavy atom. The minimum absolute atomic E-state index is 0.00810. The lowest BCUT2D eigenvalue weighted by molar-refractivity contribution is 0.138. The van der Waals surface area contributed by atoms with Gasteiger partial charge in [-0.15, -0.1) is 0 Å². The van der Waals surface area contributed by atoms with Gasteiger partial charge in [0.25, 0.3) is 0 Å². The molecule has 1 saturated heterocycles. The quantitative estimate of drug-likeness (QED) is 0.400. The molecule has 1 fully saturated rings. The first-order valence-electron chi connectivity index (χ1n) is 2.25. The fourth-order valence-electron chi connectivity index (χ4n) is 0.468.